The summed E-state index contributed by atoms with van der Waals surface area (Å²) >= 11 is 0. The normalized spacial score (nSPS) is 14.1. The number of benzene rings is 1. The number of hydrogen-bond acceptors (Lipinski definition) is 4. The number of hydrogen-bond donors (Lipinski definition) is 3. The van der Waals surface area contributed by atoms with E-state index in [1.165, 1.54) is 7.11 Å². The van der Waals surface area contributed by atoms with Crippen molar-refractivity contribution < 1.29 is 19.7 Å². The van der Waals surface area contributed by atoms with E-state index in [0.29, 0.717) is 6.61 Å². The van der Waals surface area contributed by atoms with Crippen LogP contribution in [-0.4, -0.2) is 49.1 Å². The Hall–Kier alpha value is -1.43. The van der Waals surface area contributed by atoms with Crippen molar-refractivity contribution in [3.8, 4) is 0 Å². The predicted octanol–water partition coefficient (Wildman–Crippen LogP) is 0.452. The largest absolute Gasteiger partial charge is 0.481 e. The number of carbonyl (C=O) groups is 1. The third-order valence-electron chi connectivity index (χ3n) is 2.70. The van der Waals surface area contributed by atoms with Gasteiger partial charge in [-0.05, 0) is 5.56 Å². The lowest BCUT2D eigenvalue weighted by molar-refractivity contribution is -0.138. The Bertz CT molecular complexity index is 355. The molecule has 5 nitrogen and oxygen atoms in total. The van der Waals surface area contributed by atoms with Gasteiger partial charge in [-0.25, -0.2) is 0 Å². The van der Waals surface area contributed by atoms with Gasteiger partial charge in [0.2, 0.25) is 0 Å². The van der Waals surface area contributed by atoms with Crippen LogP contribution < -0.4 is 5.32 Å². The SMILES string of the molecule is COCC(CO)NCC(C(=O)O)c1ccccc1. The Morgan fingerprint density at radius 2 is 2.06 bits per heavy atom. The van der Waals surface area contributed by atoms with Gasteiger partial charge in [0.05, 0.1) is 25.2 Å². The average Bonchev–Trinajstić information content (AvgIpc) is 2.38. The highest BCUT2D eigenvalue weighted by atomic mass is 16.5. The van der Waals surface area contributed by atoms with Crippen molar-refractivity contribution in [2.24, 2.45) is 0 Å². The molecule has 3 N–H and O–H groups in total. The zero-order chi connectivity index (χ0) is 13.4. The van der Waals surface area contributed by atoms with Crippen molar-refractivity contribution in [2.75, 3.05) is 26.9 Å². The molecule has 1 aromatic rings. The lowest BCUT2D eigenvalue weighted by atomic mass is 9.99. The molecule has 2 unspecified atom stereocenters. The number of rotatable bonds is 8. The smallest absolute Gasteiger partial charge is 0.312 e. The van der Waals surface area contributed by atoms with Crippen molar-refractivity contribution in [2.45, 2.75) is 12.0 Å². The highest BCUT2D eigenvalue weighted by Crippen LogP contribution is 2.14. The van der Waals surface area contributed by atoms with Crippen LogP contribution >= 0.6 is 0 Å². The summed E-state index contributed by atoms with van der Waals surface area (Å²) < 4.78 is 4.92. The minimum atomic E-state index is -0.886. The van der Waals surface area contributed by atoms with Gasteiger partial charge in [0.25, 0.3) is 0 Å². The molecule has 5 heteroatoms. The van der Waals surface area contributed by atoms with Gasteiger partial charge in [0.15, 0.2) is 0 Å². The van der Waals surface area contributed by atoms with Crippen LogP contribution in [0.4, 0.5) is 0 Å². The summed E-state index contributed by atoms with van der Waals surface area (Å²) in [5, 5.41) is 21.3. The van der Waals surface area contributed by atoms with Crippen LogP contribution in [0, 0.1) is 0 Å². The Labute approximate surface area is 106 Å². The molecule has 0 bridgehead atoms. The molecule has 0 aliphatic heterocycles. The van der Waals surface area contributed by atoms with Crippen LogP contribution in [0.3, 0.4) is 0 Å². The molecule has 0 amide bonds. The molecular formula is C13H19NO4. The minimum absolute atomic E-state index is 0.0883. The van der Waals surface area contributed by atoms with Crippen molar-refractivity contribution in [3.63, 3.8) is 0 Å². The van der Waals surface area contributed by atoms with Crippen LogP contribution in [-0.2, 0) is 9.53 Å². The molecule has 1 rings (SSSR count). The first kappa shape index (κ1) is 14.6. The number of carboxylic acid groups (broad SMARTS) is 1. The lowest BCUT2D eigenvalue weighted by Crippen LogP contribution is -2.40. The number of methoxy groups -OCH3 is 1. The molecular weight excluding hydrogens is 234 g/mol. The molecule has 1 aromatic carbocycles. The van der Waals surface area contributed by atoms with Crippen LogP contribution in [0.1, 0.15) is 11.5 Å². The van der Waals surface area contributed by atoms with E-state index in [9.17, 15) is 9.90 Å². The summed E-state index contributed by atoms with van der Waals surface area (Å²) in [6.07, 6.45) is 0. The molecule has 0 radical (unpaired) electrons. The van der Waals surface area contributed by atoms with Crippen molar-refractivity contribution >= 4 is 5.97 Å². The van der Waals surface area contributed by atoms with E-state index in [0.717, 1.165) is 5.56 Å². The van der Waals surface area contributed by atoms with E-state index in [-0.39, 0.29) is 19.2 Å². The fourth-order valence-electron chi connectivity index (χ4n) is 1.69. The average molecular weight is 253 g/mol. The van der Waals surface area contributed by atoms with Crippen LogP contribution in [0.2, 0.25) is 0 Å². The van der Waals surface area contributed by atoms with E-state index in [2.05, 4.69) is 5.32 Å². The number of nitrogens with one attached hydrogen (secondary N) is 1. The highest BCUT2D eigenvalue weighted by Gasteiger charge is 2.20. The quantitative estimate of drug-likeness (QED) is 0.627. The second-order valence-corrected chi connectivity index (χ2v) is 4.04. The second-order valence-electron chi connectivity index (χ2n) is 4.04. The molecule has 0 spiro atoms. The maximum absolute atomic E-state index is 11.2. The molecule has 100 valence electrons. The van der Waals surface area contributed by atoms with Crippen molar-refractivity contribution in [1.29, 1.82) is 0 Å². The Balaban J connectivity index is 2.62. The summed E-state index contributed by atoms with van der Waals surface area (Å²) in [5.41, 5.74) is 0.742. The minimum Gasteiger partial charge on any atom is -0.481 e. The molecule has 0 saturated heterocycles. The summed E-state index contributed by atoms with van der Waals surface area (Å²) in [7, 11) is 1.54. The first-order valence-corrected chi connectivity index (χ1v) is 5.80. The molecule has 0 saturated carbocycles. The molecule has 0 aliphatic carbocycles. The van der Waals surface area contributed by atoms with E-state index in [1.807, 2.05) is 18.2 Å². The first-order valence-electron chi connectivity index (χ1n) is 5.80. The zero-order valence-corrected chi connectivity index (χ0v) is 10.4. The summed E-state index contributed by atoms with van der Waals surface area (Å²) in [6.45, 7) is 0.514. The Morgan fingerprint density at radius 3 is 2.56 bits per heavy atom. The fraction of sp³-hybridized carbons (Fsp3) is 0.462. The van der Waals surface area contributed by atoms with Crippen LogP contribution in [0.25, 0.3) is 0 Å². The Kier molecular flexibility index (Phi) is 6.35. The van der Waals surface area contributed by atoms with Gasteiger partial charge < -0.3 is 20.3 Å². The van der Waals surface area contributed by atoms with Crippen LogP contribution in [0.15, 0.2) is 30.3 Å². The van der Waals surface area contributed by atoms with Gasteiger partial charge in [-0.1, -0.05) is 30.3 Å². The van der Waals surface area contributed by atoms with Gasteiger partial charge in [-0.15, -0.1) is 0 Å². The molecule has 0 fully saturated rings. The highest BCUT2D eigenvalue weighted by molar-refractivity contribution is 5.76. The second kappa shape index (κ2) is 7.81. The van der Waals surface area contributed by atoms with Crippen molar-refractivity contribution in [3.05, 3.63) is 35.9 Å². The van der Waals surface area contributed by atoms with Gasteiger partial charge in [-0.3, -0.25) is 4.79 Å². The Morgan fingerprint density at radius 1 is 1.39 bits per heavy atom. The van der Waals surface area contributed by atoms with E-state index >= 15 is 0 Å². The van der Waals surface area contributed by atoms with Crippen molar-refractivity contribution in [1.82, 2.24) is 5.32 Å². The standard InChI is InChI=1S/C13H19NO4/c1-18-9-11(8-15)14-7-12(13(16)17)10-5-3-2-4-6-10/h2-6,11-12,14-15H,7-9H2,1H3,(H,16,17). The van der Waals surface area contributed by atoms with Crippen LogP contribution in [0.5, 0.6) is 0 Å². The number of aliphatic hydroxyl groups excluding tert-OH is 1. The topological polar surface area (TPSA) is 78.8 Å². The summed E-state index contributed by atoms with van der Waals surface area (Å²) in [6, 6.07) is 8.78. The van der Waals surface area contributed by atoms with E-state index in [4.69, 9.17) is 9.84 Å². The van der Waals surface area contributed by atoms with Gasteiger partial charge in [0.1, 0.15) is 0 Å². The number of ether oxygens (including phenoxy) is 1. The fourth-order valence-corrected chi connectivity index (χ4v) is 1.69. The molecule has 18 heavy (non-hydrogen) atoms. The molecule has 0 aliphatic rings. The number of carboxylic acids is 1. The van der Waals surface area contributed by atoms with Gasteiger partial charge >= 0.3 is 5.97 Å². The van der Waals surface area contributed by atoms with E-state index in [1.54, 1.807) is 12.1 Å². The third-order valence-corrected chi connectivity index (χ3v) is 2.70. The first-order chi connectivity index (χ1) is 8.69. The predicted molar refractivity (Wildman–Crippen MR) is 67.6 cm³/mol. The number of aliphatic carboxylic acids is 1. The zero-order valence-electron chi connectivity index (χ0n) is 10.4. The molecule has 2 atom stereocenters. The van der Waals surface area contributed by atoms with Gasteiger partial charge in [-0.2, -0.15) is 0 Å². The third kappa shape index (κ3) is 4.44. The molecule has 0 heterocycles. The van der Waals surface area contributed by atoms with Gasteiger partial charge in [0, 0.05) is 13.7 Å². The lowest BCUT2D eigenvalue weighted by Gasteiger charge is -2.19. The number of aliphatic hydroxyl groups is 1. The summed E-state index contributed by atoms with van der Waals surface area (Å²) in [4.78, 5) is 11.2. The molecule has 0 aromatic heterocycles. The summed E-state index contributed by atoms with van der Waals surface area (Å²) in [5.74, 6) is -1.51. The maximum Gasteiger partial charge on any atom is 0.312 e. The maximum atomic E-state index is 11.2. The van der Waals surface area contributed by atoms with E-state index < -0.39 is 11.9 Å². The monoisotopic (exact) mass is 253 g/mol.